The Morgan fingerprint density at radius 1 is 0.758 bits per heavy atom. The van der Waals surface area contributed by atoms with Gasteiger partial charge in [0.1, 0.15) is 0 Å². The Hall–Kier alpha value is -3.60. The number of hydrogen-bond donors (Lipinski definition) is 4. The van der Waals surface area contributed by atoms with E-state index in [4.69, 9.17) is 28.9 Å². The van der Waals surface area contributed by atoms with Crippen LogP contribution in [0.5, 0.6) is 0 Å². The molecule has 3 rings (SSSR count). The topological polar surface area (TPSA) is 147 Å². The fourth-order valence-corrected chi connectivity index (χ4v) is 4.02. The monoisotopic (exact) mass is 506 g/mol. The van der Waals surface area contributed by atoms with Gasteiger partial charge in [-0.15, -0.1) is 0 Å². The Morgan fingerprint density at radius 2 is 1.30 bits per heavy atom. The van der Waals surface area contributed by atoms with Crippen LogP contribution in [0.4, 0.5) is 17.1 Å². The van der Waals surface area contributed by atoms with Crippen molar-refractivity contribution >= 4 is 68.0 Å². The van der Waals surface area contributed by atoms with E-state index < -0.39 is 27.7 Å². The highest BCUT2D eigenvalue weighted by Gasteiger charge is 2.20. The van der Waals surface area contributed by atoms with Gasteiger partial charge in [0.25, 0.3) is 15.9 Å². The molecule has 5 N–H and O–H groups in total. The van der Waals surface area contributed by atoms with Crippen LogP contribution in [0.15, 0.2) is 71.6 Å². The van der Waals surface area contributed by atoms with Crippen LogP contribution in [-0.2, 0) is 19.6 Å². The van der Waals surface area contributed by atoms with Crippen molar-refractivity contribution in [3.8, 4) is 0 Å². The summed E-state index contributed by atoms with van der Waals surface area (Å²) in [6.07, 6.45) is 0. The first-order valence-electron chi connectivity index (χ1n) is 9.15. The summed E-state index contributed by atoms with van der Waals surface area (Å²) in [5.74, 6) is -2.76. The lowest BCUT2D eigenvalue weighted by molar-refractivity contribution is -0.134. The first-order valence-corrected chi connectivity index (χ1v) is 11.4. The average molecular weight is 507 g/mol. The normalized spacial score (nSPS) is 10.8. The van der Waals surface area contributed by atoms with E-state index in [1.807, 2.05) is 0 Å². The number of hydrogen-bond acceptors (Lipinski definition) is 5. The number of carbonyl (C=O) groups excluding carboxylic acids is 3. The lowest BCUT2D eigenvalue weighted by atomic mass is 10.1. The van der Waals surface area contributed by atoms with Crippen LogP contribution in [0.1, 0.15) is 10.4 Å². The zero-order valence-corrected chi connectivity index (χ0v) is 19.0. The largest absolute Gasteiger partial charge is 0.361 e. The molecule has 0 aliphatic carbocycles. The highest BCUT2D eigenvalue weighted by Crippen LogP contribution is 2.26. The number of primary amides is 1. The molecule has 0 bridgehead atoms. The molecule has 9 nitrogen and oxygen atoms in total. The lowest BCUT2D eigenvalue weighted by Gasteiger charge is -2.14. The highest BCUT2D eigenvalue weighted by atomic mass is 35.5. The quantitative estimate of drug-likeness (QED) is 0.377. The molecule has 0 heterocycles. The van der Waals surface area contributed by atoms with Crippen LogP contribution in [0, 0.1) is 0 Å². The number of halogens is 2. The minimum Gasteiger partial charge on any atom is -0.361 e. The third-order valence-electron chi connectivity index (χ3n) is 4.22. The molecular formula is C21H16Cl2N4O5S. The maximum atomic E-state index is 12.9. The van der Waals surface area contributed by atoms with Gasteiger partial charge in [0.2, 0.25) is 0 Å². The van der Waals surface area contributed by atoms with Crippen molar-refractivity contribution in [3.63, 3.8) is 0 Å². The van der Waals surface area contributed by atoms with E-state index in [0.29, 0.717) is 10.7 Å². The van der Waals surface area contributed by atoms with E-state index in [1.54, 1.807) is 0 Å². The SMILES string of the molecule is NC(=O)C(=O)Nc1ccc(NC(=O)c2cc(Cl)ccc2NS(=O)(=O)c2ccc(Cl)cc2)cc1. The summed E-state index contributed by atoms with van der Waals surface area (Å²) in [6, 6.07) is 15.5. The lowest BCUT2D eigenvalue weighted by Crippen LogP contribution is -2.29. The molecule has 3 aromatic rings. The minimum absolute atomic E-state index is 0.0113. The molecule has 0 atom stereocenters. The van der Waals surface area contributed by atoms with Crippen molar-refractivity contribution in [3.05, 3.63) is 82.3 Å². The molecule has 0 aliphatic rings. The summed E-state index contributed by atoms with van der Waals surface area (Å²) in [4.78, 5) is 35.0. The summed E-state index contributed by atoms with van der Waals surface area (Å²) in [5, 5.41) is 5.49. The van der Waals surface area contributed by atoms with Crippen LogP contribution in [0.3, 0.4) is 0 Å². The van der Waals surface area contributed by atoms with E-state index in [1.165, 1.54) is 66.7 Å². The second-order valence-electron chi connectivity index (χ2n) is 6.60. The van der Waals surface area contributed by atoms with Crippen molar-refractivity contribution in [2.24, 2.45) is 5.73 Å². The van der Waals surface area contributed by atoms with Gasteiger partial charge in [-0.25, -0.2) is 8.42 Å². The van der Waals surface area contributed by atoms with Crippen LogP contribution < -0.4 is 21.1 Å². The number of carbonyl (C=O) groups is 3. The van der Waals surface area contributed by atoms with Crippen molar-refractivity contribution in [1.82, 2.24) is 0 Å². The van der Waals surface area contributed by atoms with Gasteiger partial charge in [0.15, 0.2) is 0 Å². The van der Waals surface area contributed by atoms with Crippen molar-refractivity contribution in [2.45, 2.75) is 4.90 Å². The third kappa shape index (κ3) is 6.22. The molecule has 0 radical (unpaired) electrons. The molecule has 0 aromatic heterocycles. The average Bonchev–Trinajstić information content (AvgIpc) is 2.76. The van der Waals surface area contributed by atoms with Crippen LogP contribution in [-0.4, -0.2) is 26.1 Å². The smallest absolute Gasteiger partial charge is 0.313 e. The zero-order valence-electron chi connectivity index (χ0n) is 16.6. The number of anilines is 3. The molecule has 0 fully saturated rings. The Labute approximate surface area is 198 Å². The first-order chi connectivity index (χ1) is 15.5. The highest BCUT2D eigenvalue weighted by molar-refractivity contribution is 7.92. The van der Waals surface area contributed by atoms with Crippen molar-refractivity contribution < 1.29 is 22.8 Å². The molecule has 0 spiro atoms. The van der Waals surface area contributed by atoms with Gasteiger partial charge in [-0.2, -0.15) is 0 Å². The maximum absolute atomic E-state index is 12.9. The number of rotatable bonds is 6. The number of benzene rings is 3. The molecular weight excluding hydrogens is 491 g/mol. The van der Waals surface area contributed by atoms with Gasteiger partial charge < -0.3 is 16.4 Å². The number of nitrogens with two attached hydrogens (primary N) is 1. The second-order valence-corrected chi connectivity index (χ2v) is 9.15. The summed E-state index contributed by atoms with van der Waals surface area (Å²) in [6.45, 7) is 0. The molecule has 12 heteroatoms. The number of amides is 3. The summed E-state index contributed by atoms with van der Waals surface area (Å²) in [7, 11) is -4.01. The molecule has 170 valence electrons. The van der Waals surface area contributed by atoms with Gasteiger partial charge >= 0.3 is 11.8 Å². The standard InChI is InChI=1S/C21H16Cl2N4O5S/c22-12-1-8-16(9-2-12)33(31,32)27-18-10-3-13(23)11-17(18)20(29)25-14-4-6-15(7-5-14)26-21(30)19(24)28/h1-11,27H,(H2,24,28)(H,25,29)(H,26,30). The fourth-order valence-electron chi connectivity index (χ4n) is 2.64. The predicted molar refractivity (Wildman–Crippen MR) is 126 cm³/mol. The summed E-state index contributed by atoms with van der Waals surface area (Å²) >= 11 is 11.8. The molecule has 0 saturated carbocycles. The van der Waals surface area contributed by atoms with Gasteiger partial charge in [0.05, 0.1) is 16.1 Å². The van der Waals surface area contributed by atoms with Gasteiger partial charge in [-0.05, 0) is 66.7 Å². The third-order valence-corrected chi connectivity index (χ3v) is 6.09. The molecule has 33 heavy (non-hydrogen) atoms. The molecule has 0 saturated heterocycles. The molecule has 0 aliphatic heterocycles. The first kappa shape index (κ1) is 24.1. The van der Waals surface area contributed by atoms with E-state index >= 15 is 0 Å². The molecule has 0 unspecified atom stereocenters. The van der Waals surface area contributed by atoms with Gasteiger partial charge in [-0.1, -0.05) is 23.2 Å². The predicted octanol–water partition coefficient (Wildman–Crippen LogP) is 3.47. The zero-order chi connectivity index (χ0) is 24.2. The van der Waals surface area contributed by atoms with E-state index in [9.17, 15) is 22.8 Å². The Kier molecular flexibility index (Phi) is 7.22. The Balaban J connectivity index is 1.81. The molecule has 3 amide bonds. The number of sulfonamides is 1. The van der Waals surface area contributed by atoms with Gasteiger partial charge in [0, 0.05) is 21.4 Å². The number of nitrogens with one attached hydrogen (secondary N) is 3. The second kappa shape index (κ2) is 9.90. The summed E-state index contributed by atoms with van der Waals surface area (Å²) < 4.78 is 27.8. The molecule has 3 aromatic carbocycles. The minimum atomic E-state index is -4.01. The van der Waals surface area contributed by atoms with E-state index in [0.717, 1.165) is 0 Å². The fraction of sp³-hybridized carbons (Fsp3) is 0. The van der Waals surface area contributed by atoms with E-state index in [2.05, 4.69) is 15.4 Å². The van der Waals surface area contributed by atoms with Gasteiger partial charge in [-0.3, -0.25) is 19.1 Å². The van der Waals surface area contributed by atoms with Crippen LogP contribution in [0.2, 0.25) is 10.0 Å². The summed E-state index contributed by atoms with van der Waals surface area (Å²) in [5.41, 5.74) is 5.50. The Morgan fingerprint density at radius 3 is 1.88 bits per heavy atom. The van der Waals surface area contributed by atoms with Crippen molar-refractivity contribution in [1.29, 1.82) is 0 Å². The van der Waals surface area contributed by atoms with E-state index in [-0.39, 0.29) is 26.9 Å². The van der Waals surface area contributed by atoms with Crippen molar-refractivity contribution in [2.75, 3.05) is 15.4 Å². The van der Waals surface area contributed by atoms with Crippen LogP contribution in [0.25, 0.3) is 0 Å². The Bertz CT molecular complexity index is 1330. The maximum Gasteiger partial charge on any atom is 0.313 e. The van der Waals surface area contributed by atoms with Crippen LogP contribution >= 0.6 is 23.2 Å².